The zero-order valence-corrected chi connectivity index (χ0v) is 10.6. The van der Waals surface area contributed by atoms with Crippen molar-refractivity contribution in [3.8, 4) is 0 Å². The highest BCUT2D eigenvalue weighted by Gasteiger charge is 2.11. The molecule has 1 atom stereocenters. The molecule has 0 fully saturated rings. The highest BCUT2D eigenvalue weighted by atomic mass is 16.1. The maximum atomic E-state index is 11.6. The van der Waals surface area contributed by atoms with Gasteiger partial charge in [0, 0.05) is 12.8 Å². The fourth-order valence-corrected chi connectivity index (χ4v) is 1.72. The standard InChI is InChI=1S/C14H26O/c1-5-7-8-13(6-2)11-14(15)10-9-12(3)4/h13H,3,5-11H2,1-2,4H3. The van der Waals surface area contributed by atoms with E-state index in [1.807, 2.05) is 6.92 Å². The van der Waals surface area contributed by atoms with Crippen LogP contribution in [0.2, 0.25) is 0 Å². The molecular formula is C14H26O. The lowest BCUT2D eigenvalue weighted by Gasteiger charge is -2.13. The molecule has 0 aliphatic rings. The van der Waals surface area contributed by atoms with E-state index in [-0.39, 0.29) is 0 Å². The molecule has 1 unspecified atom stereocenters. The van der Waals surface area contributed by atoms with Gasteiger partial charge in [0.25, 0.3) is 0 Å². The predicted octanol–water partition coefficient (Wildman–Crippen LogP) is 4.52. The van der Waals surface area contributed by atoms with Gasteiger partial charge in [-0.05, 0) is 19.3 Å². The molecule has 1 heteroatoms. The Morgan fingerprint density at radius 1 is 1.27 bits per heavy atom. The Balaban J connectivity index is 3.74. The van der Waals surface area contributed by atoms with Gasteiger partial charge in [0.2, 0.25) is 0 Å². The number of rotatable bonds is 9. The van der Waals surface area contributed by atoms with E-state index >= 15 is 0 Å². The Labute approximate surface area is 95.0 Å². The molecule has 0 N–H and O–H groups in total. The van der Waals surface area contributed by atoms with E-state index < -0.39 is 0 Å². The summed E-state index contributed by atoms with van der Waals surface area (Å²) in [6.45, 7) is 10.2. The van der Waals surface area contributed by atoms with Crippen LogP contribution in [0.3, 0.4) is 0 Å². The normalized spacial score (nSPS) is 12.5. The van der Waals surface area contributed by atoms with E-state index in [9.17, 15) is 4.79 Å². The molecule has 0 saturated carbocycles. The number of ketones is 1. The lowest BCUT2D eigenvalue weighted by Crippen LogP contribution is -2.08. The summed E-state index contributed by atoms with van der Waals surface area (Å²) in [6.07, 6.45) is 7.18. The van der Waals surface area contributed by atoms with Crippen LogP contribution in [0.4, 0.5) is 0 Å². The first-order valence-electron chi connectivity index (χ1n) is 6.26. The van der Waals surface area contributed by atoms with Crippen molar-refractivity contribution in [2.24, 2.45) is 5.92 Å². The Kier molecular flexibility index (Phi) is 8.35. The molecule has 0 bridgehead atoms. The summed E-state index contributed by atoms with van der Waals surface area (Å²) in [4.78, 5) is 11.6. The van der Waals surface area contributed by atoms with Crippen molar-refractivity contribution in [1.82, 2.24) is 0 Å². The van der Waals surface area contributed by atoms with Gasteiger partial charge in [-0.1, -0.05) is 45.1 Å². The van der Waals surface area contributed by atoms with Gasteiger partial charge in [-0.15, -0.1) is 6.58 Å². The molecule has 0 spiro atoms. The Hall–Kier alpha value is -0.590. The van der Waals surface area contributed by atoms with Crippen molar-refractivity contribution in [3.63, 3.8) is 0 Å². The first-order valence-corrected chi connectivity index (χ1v) is 6.26. The number of carbonyl (C=O) groups is 1. The third-order valence-electron chi connectivity index (χ3n) is 2.89. The van der Waals surface area contributed by atoms with Crippen molar-refractivity contribution in [2.45, 2.75) is 65.7 Å². The molecule has 1 nitrogen and oxygen atoms in total. The zero-order valence-electron chi connectivity index (χ0n) is 10.6. The second kappa shape index (κ2) is 8.70. The topological polar surface area (TPSA) is 17.1 Å². The molecular weight excluding hydrogens is 184 g/mol. The van der Waals surface area contributed by atoms with Crippen LogP contribution in [0.25, 0.3) is 0 Å². The fraction of sp³-hybridized carbons (Fsp3) is 0.786. The maximum absolute atomic E-state index is 11.6. The van der Waals surface area contributed by atoms with Crippen LogP contribution in [-0.4, -0.2) is 5.78 Å². The highest BCUT2D eigenvalue weighted by Crippen LogP contribution is 2.18. The van der Waals surface area contributed by atoms with Gasteiger partial charge in [0.1, 0.15) is 5.78 Å². The second-order valence-electron chi connectivity index (χ2n) is 4.62. The fourth-order valence-electron chi connectivity index (χ4n) is 1.72. The molecule has 0 aliphatic carbocycles. The average Bonchev–Trinajstić information content (AvgIpc) is 2.21. The van der Waals surface area contributed by atoms with Crippen LogP contribution in [0, 0.1) is 5.92 Å². The molecule has 0 aliphatic heterocycles. The summed E-state index contributed by atoms with van der Waals surface area (Å²) >= 11 is 0. The van der Waals surface area contributed by atoms with Crippen molar-refractivity contribution in [1.29, 1.82) is 0 Å². The number of unbranched alkanes of at least 4 members (excludes halogenated alkanes) is 1. The van der Waals surface area contributed by atoms with Crippen LogP contribution in [-0.2, 0) is 4.79 Å². The summed E-state index contributed by atoms with van der Waals surface area (Å²) in [5.41, 5.74) is 1.12. The van der Waals surface area contributed by atoms with Gasteiger partial charge < -0.3 is 0 Å². The molecule has 0 aromatic carbocycles. The minimum Gasteiger partial charge on any atom is -0.300 e. The molecule has 0 aromatic heterocycles. The maximum Gasteiger partial charge on any atom is 0.133 e. The van der Waals surface area contributed by atoms with Gasteiger partial charge in [0.15, 0.2) is 0 Å². The van der Waals surface area contributed by atoms with Gasteiger partial charge >= 0.3 is 0 Å². The third kappa shape index (κ3) is 8.41. The Bertz CT molecular complexity index is 194. The predicted molar refractivity (Wildman–Crippen MR) is 67.0 cm³/mol. The number of allylic oxidation sites excluding steroid dienone is 1. The van der Waals surface area contributed by atoms with Gasteiger partial charge in [-0.3, -0.25) is 4.79 Å². The quantitative estimate of drug-likeness (QED) is 0.511. The second-order valence-corrected chi connectivity index (χ2v) is 4.62. The van der Waals surface area contributed by atoms with Gasteiger partial charge in [-0.2, -0.15) is 0 Å². The smallest absolute Gasteiger partial charge is 0.133 e. The van der Waals surface area contributed by atoms with Gasteiger partial charge in [0.05, 0.1) is 0 Å². The number of Topliss-reactive ketones (excluding diaryl/α,β-unsaturated/α-hetero) is 1. The first-order chi connectivity index (χ1) is 7.10. The van der Waals surface area contributed by atoms with Crippen molar-refractivity contribution >= 4 is 5.78 Å². The molecule has 0 heterocycles. The van der Waals surface area contributed by atoms with Crippen LogP contribution < -0.4 is 0 Å². The van der Waals surface area contributed by atoms with E-state index in [1.165, 1.54) is 19.3 Å². The Morgan fingerprint density at radius 2 is 1.93 bits per heavy atom. The van der Waals surface area contributed by atoms with E-state index in [0.29, 0.717) is 18.1 Å². The number of hydrogen-bond donors (Lipinski definition) is 0. The van der Waals surface area contributed by atoms with Crippen molar-refractivity contribution < 1.29 is 4.79 Å². The first kappa shape index (κ1) is 14.4. The van der Waals surface area contributed by atoms with Crippen molar-refractivity contribution in [2.75, 3.05) is 0 Å². The molecule has 15 heavy (non-hydrogen) atoms. The van der Waals surface area contributed by atoms with Gasteiger partial charge in [-0.25, -0.2) is 0 Å². The van der Waals surface area contributed by atoms with Crippen molar-refractivity contribution in [3.05, 3.63) is 12.2 Å². The molecule has 88 valence electrons. The summed E-state index contributed by atoms with van der Waals surface area (Å²) in [5, 5.41) is 0. The average molecular weight is 210 g/mol. The zero-order chi connectivity index (χ0) is 11.7. The molecule has 0 radical (unpaired) electrons. The van der Waals surface area contributed by atoms with Crippen LogP contribution in [0.5, 0.6) is 0 Å². The summed E-state index contributed by atoms with van der Waals surface area (Å²) in [5.74, 6) is 1.03. The summed E-state index contributed by atoms with van der Waals surface area (Å²) in [6, 6.07) is 0. The third-order valence-corrected chi connectivity index (χ3v) is 2.89. The number of carbonyl (C=O) groups excluding carboxylic acids is 1. The monoisotopic (exact) mass is 210 g/mol. The van der Waals surface area contributed by atoms with E-state index in [1.54, 1.807) is 0 Å². The molecule has 0 aromatic rings. The van der Waals surface area contributed by atoms with Crippen LogP contribution in [0.1, 0.15) is 65.7 Å². The largest absolute Gasteiger partial charge is 0.300 e. The Morgan fingerprint density at radius 3 is 2.40 bits per heavy atom. The highest BCUT2D eigenvalue weighted by molar-refractivity contribution is 5.78. The lowest BCUT2D eigenvalue weighted by molar-refractivity contribution is -0.120. The molecule has 0 saturated heterocycles. The van der Waals surface area contributed by atoms with E-state index in [2.05, 4.69) is 20.4 Å². The molecule has 0 amide bonds. The van der Waals surface area contributed by atoms with E-state index in [0.717, 1.165) is 24.8 Å². The minimum absolute atomic E-state index is 0.418. The lowest BCUT2D eigenvalue weighted by atomic mass is 9.92. The number of hydrogen-bond acceptors (Lipinski definition) is 1. The summed E-state index contributed by atoms with van der Waals surface area (Å²) in [7, 11) is 0. The SMILES string of the molecule is C=C(C)CCC(=O)CC(CC)CCCC. The van der Waals surface area contributed by atoms with Crippen LogP contribution >= 0.6 is 0 Å². The van der Waals surface area contributed by atoms with E-state index in [4.69, 9.17) is 0 Å². The summed E-state index contributed by atoms with van der Waals surface area (Å²) < 4.78 is 0. The van der Waals surface area contributed by atoms with Crippen LogP contribution in [0.15, 0.2) is 12.2 Å². The molecule has 0 rings (SSSR count). The minimum atomic E-state index is 0.418.